The summed E-state index contributed by atoms with van der Waals surface area (Å²) in [5.41, 5.74) is 1.05. The van der Waals surface area contributed by atoms with Crippen molar-refractivity contribution < 1.29 is 13.9 Å². The maximum atomic E-state index is 13.9. The summed E-state index contributed by atoms with van der Waals surface area (Å²) in [6.07, 6.45) is 5.63. The largest absolute Gasteiger partial charge is 0.496 e. The number of halogens is 1. The molecule has 1 saturated carbocycles. The molecule has 0 bridgehead atoms. The first-order valence-corrected chi connectivity index (χ1v) is 11.8. The van der Waals surface area contributed by atoms with Gasteiger partial charge in [0.25, 0.3) is 0 Å². The van der Waals surface area contributed by atoms with Gasteiger partial charge in [-0.2, -0.15) is 0 Å². The number of para-hydroxylation sites is 2. The molecule has 0 saturated heterocycles. The molecule has 1 fully saturated rings. The van der Waals surface area contributed by atoms with Crippen LogP contribution < -0.4 is 10.1 Å². The lowest BCUT2D eigenvalue weighted by atomic mass is 9.95. The van der Waals surface area contributed by atoms with Crippen molar-refractivity contribution in [2.75, 3.05) is 12.4 Å². The zero-order valence-electron chi connectivity index (χ0n) is 18.3. The zero-order valence-corrected chi connectivity index (χ0v) is 19.1. The Kier molecular flexibility index (Phi) is 7.09. The van der Waals surface area contributed by atoms with Crippen LogP contribution in [-0.2, 0) is 4.79 Å². The van der Waals surface area contributed by atoms with Crippen LogP contribution in [0.4, 0.5) is 10.1 Å². The highest BCUT2D eigenvalue weighted by molar-refractivity contribution is 8.00. The van der Waals surface area contributed by atoms with Crippen LogP contribution in [0.25, 0.3) is 11.4 Å². The first-order chi connectivity index (χ1) is 15.6. The van der Waals surface area contributed by atoms with Crippen LogP contribution in [-0.4, -0.2) is 33.0 Å². The number of benzene rings is 2. The van der Waals surface area contributed by atoms with Gasteiger partial charge in [0.1, 0.15) is 11.6 Å². The second kappa shape index (κ2) is 10.2. The summed E-state index contributed by atoms with van der Waals surface area (Å²) in [4.78, 5) is 12.8. The van der Waals surface area contributed by atoms with E-state index in [1.807, 2.05) is 24.3 Å². The van der Waals surface area contributed by atoms with E-state index < -0.39 is 11.1 Å². The molecule has 1 aliphatic rings. The van der Waals surface area contributed by atoms with Crippen molar-refractivity contribution in [3.8, 4) is 17.1 Å². The second-order valence-corrected chi connectivity index (χ2v) is 9.21. The number of ether oxygens (including phenoxy) is 1. The summed E-state index contributed by atoms with van der Waals surface area (Å²) in [7, 11) is 1.64. The van der Waals surface area contributed by atoms with E-state index in [0.29, 0.717) is 5.16 Å². The monoisotopic (exact) mass is 454 g/mol. The Balaban J connectivity index is 1.62. The van der Waals surface area contributed by atoms with E-state index in [0.717, 1.165) is 42.8 Å². The third kappa shape index (κ3) is 4.80. The summed E-state index contributed by atoms with van der Waals surface area (Å²) in [6, 6.07) is 14.2. The average Bonchev–Trinajstić information content (AvgIpc) is 3.24. The number of rotatable bonds is 7. The number of carbonyl (C=O) groups is 1. The summed E-state index contributed by atoms with van der Waals surface area (Å²) in [6.45, 7) is 1.80. The predicted octanol–water partition coefficient (Wildman–Crippen LogP) is 5.72. The Morgan fingerprint density at radius 1 is 1.12 bits per heavy atom. The highest BCUT2D eigenvalue weighted by Gasteiger charge is 2.27. The summed E-state index contributed by atoms with van der Waals surface area (Å²) < 4.78 is 21.7. The normalized spacial score (nSPS) is 15.3. The molecule has 0 aliphatic heterocycles. The van der Waals surface area contributed by atoms with Gasteiger partial charge < -0.3 is 10.1 Å². The van der Waals surface area contributed by atoms with E-state index >= 15 is 0 Å². The van der Waals surface area contributed by atoms with Gasteiger partial charge in [0, 0.05) is 6.04 Å². The molecule has 6 nitrogen and oxygen atoms in total. The molecular formula is C24H27FN4O2S. The van der Waals surface area contributed by atoms with Crippen molar-refractivity contribution in [3.63, 3.8) is 0 Å². The van der Waals surface area contributed by atoms with Crippen molar-refractivity contribution in [3.05, 3.63) is 54.3 Å². The Bertz CT molecular complexity index is 1080. The topological polar surface area (TPSA) is 69.0 Å². The van der Waals surface area contributed by atoms with Crippen LogP contribution in [0.15, 0.2) is 53.7 Å². The quantitative estimate of drug-likeness (QED) is 0.463. The van der Waals surface area contributed by atoms with Crippen LogP contribution in [0, 0.1) is 5.82 Å². The molecule has 1 aromatic heterocycles. The van der Waals surface area contributed by atoms with Gasteiger partial charge in [0.05, 0.1) is 23.6 Å². The smallest absolute Gasteiger partial charge is 0.237 e. The molecule has 0 unspecified atom stereocenters. The SMILES string of the molecule is COc1ccccc1-c1nnc(S[C@@H](C)C(=O)Nc2ccccc2F)n1C1CCCCC1. The molecule has 4 rings (SSSR count). The Morgan fingerprint density at radius 2 is 1.84 bits per heavy atom. The molecule has 32 heavy (non-hydrogen) atoms. The van der Waals surface area contributed by atoms with E-state index in [4.69, 9.17) is 4.74 Å². The number of aromatic nitrogens is 3. The highest BCUT2D eigenvalue weighted by atomic mass is 32.2. The van der Waals surface area contributed by atoms with Gasteiger partial charge in [-0.05, 0) is 44.0 Å². The summed E-state index contributed by atoms with van der Waals surface area (Å²) in [5.74, 6) is 0.747. The lowest BCUT2D eigenvalue weighted by Crippen LogP contribution is -2.24. The number of carbonyl (C=O) groups excluding carboxylic acids is 1. The lowest BCUT2D eigenvalue weighted by Gasteiger charge is -2.26. The van der Waals surface area contributed by atoms with Gasteiger partial charge in [0.15, 0.2) is 11.0 Å². The second-order valence-electron chi connectivity index (χ2n) is 7.90. The number of hydrogen-bond acceptors (Lipinski definition) is 5. The van der Waals surface area contributed by atoms with Crippen LogP contribution in [0.2, 0.25) is 0 Å². The molecular weight excluding hydrogens is 427 g/mol. The van der Waals surface area contributed by atoms with Gasteiger partial charge in [0.2, 0.25) is 5.91 Å². The molecule has 2 aromatic carbocycles. The zero-order chi connectivity index (χ0) is 22.5. The molecule has 0 spiro atoms. The number of anilines is 1. The average molecular weight is 455 g/mol. The maximum Gasteiger partial charge on any atom is 0.237 e. The fraction of sp³-hybridized carbons (Fsp3) is 0.375. The third-order valence-electron chi connectivity index (χ3n) is 5.74. The third-order valence-corrected chi connectivity index (χ3v) is 6.79. The molecule has 3 aromatic rings. The first-order valence-electron chi connectivity index (χ1n) is 10.9. The van der Waals surface area contributed by atoms with Crippen LogP contribution in [0.3, 0.4) is 0 Å². The fourth-order valence-electron chi connectivity index (χ4n) is 4.05. The van der Waals surface area contributed by atoms with Crippen LogP contribution >= 0.6 is 11.8 Å². The van der Waals surface area contributed by atoms with E-state index in [1.165, 1.54) is 24.2 Å². The van der Waals surface area contributed by atoms with Gasteiger partial charge in [-0.3, -0.25) is 9.36 Å². The fourth-order valence-corrected chi connectivity index (χ4v) is 4.97. The summed E-state index contributed by atoms with van der Waals surface area (Å²) in [5, 5.41) is 11.8. The van der Waals surface area contributed by atoms with Gasteiger partial charge in [-0.25, -0.2) is 4.39 Å². The molecule has 1 heterocycles. The number of nitrogens with zero attached hydrogens (tertiary/aromatic N) is 3. The number of amides is 1. The molecule has 1 N–H and O–H groups in total. The van der Waals surface area contributed by atoms with Gasteiger partial charge in [-0.1, -0.05) is 55.3 Å². The molecule has 1 amide bonds. The van der Waals surface area contributed by atoms with Crippen LogP contribution in [0.1, 0.15) is 45.1 Å². The Morgan fingerprint density at radius 3 is 2.59 bits per heavy atom. The maximum absolute atomic E-state index is 13.9. The first kappa shape index (κ1) is 22.3. The van der Waals surface area contributed by atoms with Gasteiger partial charge in [-0.15, -0.1) is 10.2 Å². The molecule has 1 aliphatic carbocycles. The number of hydrogen-bond donors (Lipinski definition) is 1. The minimum atomic E-state index is -0.480. The molecule has 0 radical (unpaired) electrons. The van der Waals surface area contributed by atoms with E-state index in [1.54, 1.807) is 32.2 Å². The van der Waals surface area contributed by atoms with E-state index in [-0.39, 0.29) is 17.6 Å². The summed E-state index contributed by atoms with van der Waals surface area (Å²) >= 11 is 1.34. The van der Waals surface area contributed by atoms with Crippen LogP contribution in [0.5, 0.6) is 5.75 Å². The lowest BCUT2D eigenvalue weighted by molar-refractivity contribution is -0.115. The van der Waals surface area contributed by atoms with Crippen molar-refractivity contribution >= 4 is 23.4 Å². The Labute approximate surface area is 191 Å². The minimum Gasteiger partial charge on any atom is -0.496 e. The predicted molar refractivity (Wildman–Crippen MR) is 124 cm³/mol. The minimum absolute atomic E-state index is 0.174. The van der Waals surface area contributed by atoms with E-state index in [9.17, 15) is 9.18 Å². The molecule has 8 heteroatoms. The van der Waals surface area contributed by atoms with Gasteiger partial charge >= 0.3 is 0 Å². The van der Waals surface area contributed by atoms with Crippen molar-refractivity contribution in [2.45, 2.75) is 55.5 Å². The standard InChI is InChI=1S/C24H27FN4O2S/c1-16(23(30)26-20-14-8-7-13-19(20)25)32-24-28-27-22(18-12-6-9-15-21(18)31-2)29(24)17-10-4-3-5-11-17/h6-9,12-17H,3-5,10-11H2,1-2H3,(H,26,30)/t16-/m0/s1. The number of methoxy groups -OCH3 is 1. The highest BCUT2D eigenvalue weighted by Crippen LogP contribution is 2.39. The number of nitrogens with one attached hydrogen (secondary N) is 1. The molecule has 168 valence electrons. The molecule has 1 atom stereocenters. The van der Waals surface area contributed by atoms with E-state index in [2.05, 4.69) is 20.1 Å². The van der Waals surface area contributed by atoms with Crippen molar-refractivity contribution in [1.82, 2.24) is 14.8 Å². The van der Waals surface area contributed by atoms with Crippen molar-refractivity contribution in [1.29, 1.82) is 0 Å². The Hall–Kier alpha value is -2.87. The van der Waals surface area contributed by atoms with Crippen molar-refractivity contribution in [2.24, 2.45) is 0 Å². The number of thioether (sulfide) groups is 1.